The van der Waals surface area contributed by atoms with Gasteiger partial charge >= 0.3 is 0 Å². The van der Waals surface area contributed by atoms with E-state index in [4.69, 9.17) is 121 Å². The average molecular weight is 538 g/mol. The second kappa shape index (κ2) is 8.43. The summed E-state index contributed by atoms with van der Waals surface area (Å²) in [5.41, 5.74) is 0.0258. The minimum atomic E-state index is -0.0786. The van der Waals surface area contributed by atoms with E-state index in [1.165, 1.54) is 0 Å². The van der Waals surface area contributed by atoms with Crippen LogP contribution in [0.15, 0.2) is 0 Å². The van der Waals surface area contributed by atoms with E-state index in [1.807, 2.05) is 0 Å². The fourth-order valence-electron chi connectivity index (χ4n) is 1.90. The molecule has 0 spiro atoms. The molecule has 25 heavy (non-hydrogen) atoms. The second-order valence-electron chi connectivity index (χ2n) is 4.39. The van der Waals surface area contributed by atoms with Gasteiger partial charge in [0, 0.05) is 11.1 Å². The summed E-state index contributed by atoms with van der Waals surface area (Å²) in [5, 5.41) is 6.96. The lowest BCUT2D eigenvalue weighted by atomic mass is 9.98. The summed E-state index contributed by atoms with van der Waals surface area (Å²) < 4.78 is 0. The minimum absolute atomic E-state index is 0.0380. The zero-order chi connectivity index (χ0) is 19.2. The van der Waals surface area contributed by atoms with Crippen molar-refractivity contribution in [1.82, 2.24) is 0 Å². The lowest BCUT2D eigenvalue weighted by Crippen LogP contribution is -1.98. The van der Waals surface area contributed by atoms with Crippen molar-refractivity contribution in [2.45, 2.75) is 0 Å². The maximum absolute atomic E-state index is 7.65. The van der Waals surface area contributed by atoms with Gasteiger partial charge in [0.2, 0.25) is 0 Å². The van der Waals surface area contributed by atoms with Crippen LogP contribution in [0.25, 0.3) is 5.57 Å². The number of nitrogens with one attached hydrogen (secondary N) is 1. The van der Waals surface area contributed by atoms with Crippen molar-refractivity contribution in [1.29, 1.82) is 5.41 Å². The van der Waals surface area contributed by atoms with E-state index in [0.717, 1.165) is 0 Å². The highest BCUT2D eigenvalue weighted by Crippen LogP contribution is 2.51. The van der Waals surface area contributed by atoms with Gasteiger partial charge in [0.05, 0.1) is 55.8 Å². The summed E-state index contributed by atoms with van der Waals surface area (Å²) in [5.74, 6) is 2.15. The van der Waals surface area contributed by atoms with Crippen molar-refractivity contribution < 1.29 is 0 Å². The quantitative estimate of drug-likeness (QED) is 0.224. The van der Waals surface area contributed by atoms with Crippen molar-refractivity contribution in [3.05, 3.63) is 61.4 Å². The fraction of sp³-hybridized carbons (Fsp3) is 0. The van der Waals surface area contributed by atoms with Crippen LogP contribution in [-0.4, -0.2) is 5.87 Å². The number of hydrogen-bond acceptors (Lipinski definition) is 1. The zero-order valence-corrected chi connectivity index (χ0v) is 18.8. The molecule has 0 saturated carbocycles. The molecule has 0 heterocycles. The zero-order valence-electron chi connectivity index (χ0n) is 11.3. The molecule has 11 heteroatoms. The molecule has 0 unspecified atom stereocenters. The average Bonchev–Trinajstić information content (AvgIpc) is 2.60. The van der Waals surface area contributed by atoms with Gasteiger partial charge in [-0.3, -0.25) is 5.41 Å². The summed E-state index contributed by atoms with van der Waals surface area (Å²) in [6, 6.07) is 0. The van der Waals surface area contributed by atoms with E-state index < -0.39 is 0 Å². The van der Waals surface area contributed by atoms with Crippen molar-refractivity contribution in [3.8, 4) is 0 Å². The molecule has 132 valence electrons. The molecule has 2 aromatic rings. The maximum Gasteiger partial charge on any atom is 0.0809 e. The van der Waals surface area contributed by atoms with Crippen LogP contribution in [0.2, 0.25) is 50.2 Å². The van der Waals surface area contributed by atoms with Crippen LogP contribution in [0, 0.1) is 5.41 Å². The van der Waals surface area contributed by atoms with E-state index in [2.05, 4.69) is 5.87 Å². The SMILES string of the molecule is N=C=C(c1c(Cl)c(Cl)c(Cl)c(Cl)c1Cl)c1c(Cl)c(Cl)c(Cl)c(Cl)c1Cl. The highest BCUT2D eigenvalue weighted by Gasteiger charge is 2.28. The number of hydrogen-bond donors (Lipinski definition) is 1. The summed E-state index contributed by atoms with van der Waals surface area (Å²) in [7, 11) is 0. The largest absolute Gasteiger partial charge is 0.258 e. The minimum Gasteiger partial charge on any atom is -0.258 e. The Hall–Kier alpha value is 0.790. The predicted molar refractivity (Wildman–Crippen MR) is 113 cm³/mol. The van der Waals surface area contributed by atoms with Gasteiger partial charge in [-0.15, -0.1) is 0 Å². The Bertz CT molecular complexity index is 830. The maximum atomic E-state index is 7.65. The van der Waals surface area contributed by atoms with Crippen molar-refractivity contribution in [3.63, 3.8) is 0 Å². The van der Waals surface area contributed by atoms with Gasteiger partial charge in [-0.1, -0.05) is 116 Å². The third-order valence-corrected chi connectivity index (χ3v) is 7.60. The molecular weight excluding hydrogens is 537 g/mol. The van der Waals surface area contributed by atoms with Crippen molar-refractivity contribution >= 4 is 127 Å². The second-order valence-corrected chi connectivity index (χ2v) is 8.17. The van der Waals surface area contributed by atoms with Crippen LogP contribution in [0.3, 0.4) is 0 Å². The van der Waals surface area contributed by atoms with Crippen LogP contribution < -0.4 is 0 Å². The van der Waals surface area contributed by atoms with E-state index >= 15 is 0 Å². The molecule has 1 nitrogen and oxygen atoms in total. The van der Waals surface area contributed by atoms with Crippen LogP contribution in [0.1, 0.15) is 11.1 Å². The van der Waals surface area contributed by atoms with E-state index in [9.17, 15) is 0 Å². The third kappa shape index (κ3) is 3.73. The Balaban J connectivity index is 2.98. The van der Waals surface area contributed by atoms with Gasteiger partial charge in [-0.25, -0.2) is 0 Å². The Labute approximate surface area is 192 Å². The highest BCUT2D eigenvalue weighted by atomic mass is 35.5. The lowest BCUT2D eigenvalue weighted by molar-refractivity contribution is 1.53. The standard InChI is InChI=1S/C14HCl10N/c15-5-3(6(16)10(20)13(23)9(5)19)2(1-25)4-7(17)11(21)14(24)12(22)8(4)18/h25H. The summed E-state index contributed by atoms with van der Waals surface area (Å²) in [4.78, 5) is 0. The molecule has 0 radical (unpaired) electrons. The van der Waals surface area contributed by atoms with Crippen molar-refractivity contribution in [2.75, 3.05) is 0 Å². The number of rotatable bonds is 2. The topological polar surface area (TPSA) is 23.9 Å². The summed E-state index contributed by atoms with van der Waals surface area (Å²) >= 11 is 61.1. The van der Waals surface area contributed by atoms with Gasteiger partial charge in [0.1, 0.15) is 0 Å². The molecule has 2 rings (SSSR count). The molecule has 0 fully saturated rings. The Morgan fingerprint density at radius 2 is 0.640 bits per heavy atom. The molecule has 0 aromatic heterocycles. The lowest BCUT2D eigenvalue weighted by Gasteiger charge is -2.17. The Kier molecular flexibility index (Phi) is 7.45. The molecule has 0 atom stereocenters. The van der Waals surface area contributed by atoms with Crippen LogP contribution in [0.4, 0.5) is 0 Å². The molecule has 0 saturated heterocycles. The highest BCUT2D eigenvalue weighted by molar-refractivity contribution is 6.58. The molecule has 2 aromatic carbocycles. The van der Waals surface area contributed by atoms with Gasteiger partial charge in [-0.2, -0.15) is 0 Å². The first-order valence-corrected chi connectivity index (χ1v) is 9.67. The first-order chi connectivity index (χ1) is 11.6. The molecule has 0 aliphatic rings. The van der Waals surface area contributed by atoms with Gasteiger partial charge < -0.3 is 0 Å². The first kappa shape index (κ1) is 22.1. The Morgan fingerprint density at radius 1 is 0.440 bits per heavy atom. The molecule has 0 amide bonds. The molecule has 1 N–H and O–H groups in total. The van der Waals surface area contributed by atoms with E-state index in [1.54, 1.807) is 0 Å². The van der Waals surface area contributed by atoms with Crippen LogP contribution in [-0.2, 0) is 0 Å². The van der Waals surface area contributed by atoms with Gasteiger partial charge in [0.25, 0.3) is 0 Å². The van der Waals surface area contributed by atoms with E-state index in [0.29, 0.717) is 0 Å². The molecule has 0 aliphatic carbocycles. The summed E-state index contributed by atoms with van der Waals surface area (Å²) in [6.45, 7) is 0. The third-order valence-electron chi connectivity index (χ3n) is 3.04. The number of halogens is 10. The first-order valence-electron chi connectivity index (χ1n) is 5.89. The normalized spacial score (nSPS) is 10.8. The van der Waals surface area contributed by atoms with Crippen LogP contribution >= 0.6 is 116 Å². The smallest absolute Gasteiger partial charge is 0.0809 e. The monoisotopic (exact) mass is 533 g/mol. The van der Waals surface area contributed by atoms with Gasteiger partial charge in [-0.05, 0) is 5.87 Å². The fourth-order valence-corrected chi connectivity index (χ4v) is 4.55. The molecule has 0 bridgehead atoms. The molecule has 0 aliphatic heterocycles. The van der Waals surface area contributed by atoms with Crippen molar-refractivity contribution in [2.24, 2.45) is 0 Å². The van der Waals surface area contributed by atoms with Gasteiger partial charge in [0.15, 0.2) is 0 Å². The molecular formula is C14HCl10N. The number of benzene rings is 2. The Morgan fingerprint density at radius 3 is 0.840 bits per heavy atom. The van der Waals surface area contributed by atoms with E-state index in [-0.39, 0.29) is 66.9 Å². The predicted octanol–water partition coefficient (Wildman–Crippen LogP) is 9.90. The van der Waals surface area contributed by atoms with Crippen LogP contribution in [0.5, 0.6) is 0 Å². The summed E-state index contributed by atoms with van der Waals surface area (Å²) in [6.07, 6.45) is 0.